The third-order valence-electron chi connectivity index (χ3n) is 13.5. The van der Waals surface area contributed by atoms with Gasteiger partial charge in [0, 0.05) is 88.8 Å². The quantitative estimate of drug-likeness (QED) is 0.0103. The zero-order valence-electron chi connectivity index (χ0n) is 58.1. The first-order valence-electron chi connectivity index (χ1n) is 30.1. The Kier molecular flexibility index (Phi) is 36.2. The van der Waals surface area contributed by atoms with Crippen LogP contribution in [0, 0.1) is 116 Å². The molecule has 0 aliphatic heterocycles. The van der Waals surface area contributed by atoms with E-state index in [1.807, 2.05) is 38.1 Å². The van der Waals surface area contributed by atoms with Gasteiger partial charge in [-0.1, -0.05) is 41.5 Å². The summed E-state index contributed by atoms with van der Waals surface area (Å²) in [5.74, 6) is -7.68. The number of anilines is 1. The van der Waals surface area contributed by atoms with E-state index in [-0.39, 0.29) is 57.9 Å². The molecule has 8 rings (SSSR count). The van der Waals surface area contributed by atoms with Crippen molar-refractivity contribution >= 4 is 110 Å². The Morgan fingerprint density at radius 3 is 1.05 bits per heavy atom. The topological polar surface area (TPSA) is 618 Å². The van der Waals surface area contributed by atoms with Crippen LogP contribution in [0.25, 0.3) is 17.0 Å². The number of hydrogen-bond acceptors (Lipinski definition) is 28. The van der Waals surface area contributed by atoms with Crippen LogP contribution in [0.4, 0.5) is 51.2 Å². The van der Waals surface area contributed by atoms with Crippen LogP contribution in [0.5, 0.6) is 0 Å². The van der Waals surface area contributed by atoms with Crippen molar-refractivity contribution in [2.24, 2.45) is 0 Å². The number of fused-ring (bicyclic) bond motifs is 1. The first-order valence-corrected chi connectivity index (χ1v) is 30.1. The Bertz CT molecular complexity index is 4680. The van der Waals surface area contributed by atoms with E-state index in [9.17, 15) is 114 Å². The Hall–Kier alpha value is -14.6. The average molecular weight is 1550 g/mol. The number of carboxylic acids is 4. The number of carbonyl (C=O) groups excluding carboxylic acids is 3. The Labute approximate surface area is 617 Å². The monoisotopic (exact) mass is 1550 g/mol. The Balaban J connectivity index is 0.000000637. The molecule has 7 N–H and O–H groups in total. The number of nitrogen functional groups attached to an aromatic ring is 1. The second kappa shape index (κ2) is 42.7. The van der Waals surface area contributed by atoms with Gasteiger partial charge in [0.25, 0.3) is 45.5 Å². The molecule has 0 fully saturated rings. The van der Waals surface area contributed by atoms with Crippen LogP contribution in [0.2, 0.25) is 0 Å². The minimum atomic E-state index is -1.69. The van der Waals surface area contributed by atoms with E-state index in [1.54, 1.807) is 74.6 Å². The molecule has 0 aliphatic rings. The van der Waals surface area contributed by atoms with E-state index in [0.717, 1.165) is 58.4 Å². The summed E-state index contributed by atoms with van der Waals surface area (Å²) in [6.45, 7) is 12.8. The number of nitro benzene ring substituents is 8. The molecule has 0 atom stereocenters. The van der Waals surface area contributed by atoms with Crippen LogP contribution in [0.1, 0.15) is 127 Å². The van der Waals surface area contributed by atoms with Gasteiger partial charge >= 0.3 is 41.8 Å². The van der Waals surface area contributed by atoms with Gasteiger partial charge in [0.15, 0.2) is 0 Å². The molecule has 7 aromatic carbocycles. The molecule has 0 unspecified atom stereocenters. The smallest absolute Gasteiger partial charge is 0.352 e. The molecule has 8 aromatic rings. The van der Waals surface area contributed by atoms with E-state index in [4.69, 9.17) is 35.6 Å². The molecule has 0 amide bonds. The van der Waals surface area contributed by atoms with Gasteiger partial charge in [-0.05, 0) is 128 Å². The van der Waals surface area contributed by atoms with Crippen molar-refractivity contribution < 1.29 is 124 Å². The number of nitro groups is 8. The normalized spacial score (nSPS) is 9.87. The molecule has 0 aliphatic carbocycles. The zero-order valence-corrected chi connectivity index (χ0v) is 59.1. The molecule has 0 radical (unpaired) electrons. The number of rotatable bonds is 20. The number of aromatic amines is 1. The maximum atomic E-state index is 11.9. The summed E-state index contributed by atoms with van der Waals surface area (Å²) >= 11 is 0. The largest absolute Gasteiger partial charge is 0.478 e. The summed E-state index contributed by atoms with van der Waals surface area (Å²) in [5.41, 5.74) is 1.67. The summed E-state index contributed by atoms with van der Waals surface area (Å²) in [4.78, 5) is 161. The minimum absolute atomic E-state index is 0. The van der Waals surface area contributed by atoms with Crippen LogP contribution in [-0.4, -0.2) is 145 Å². The number of aryl methyl sites for hydroxylation is 5. The number of benzene rings is 7. The van der Waals surface area contributed by atoms with Crippen LogP contribution in [-0.2, 0) is 30.7 Å². The van der Waals surface area contributed by atoms with Gasteiger partial charge < -0.3 is 50.3 Å². The van der Waals surface area contributed by atoms with Gasteiger partial charge in [0.05, 0.1) is 81.4 Å². The minimum Gasteiger partial charge on any atom is -0.478 e. The van der Waals surface area contributed by atoms with Crippen LogP contribution >= 0.6 is 0 Å². The predicted octanol–water partition coefficient (Wildman–Crippen LogP) is 12.5. The molecule has 42 heteroatoms. The van der Waals surface area contributed by atoms with E-state index >= 15 is 0 Å². The summed E-state index contributed by atoms with van der Waals surface area (Å²) < 4.78 is 14.3. The number of ether oxygens (including phenoxy) is 3. The number of aromatic nitrogens is 1. The summed E-state index contributed by atoms with van der Waals surface area (Å²) in [7, 11) is 3.42. The third-order valence-corrected chi connectivity index (χ3v) is 13.5. The van der Waals surface area contributed by atoms with E-state index < -0.39 is 143 Å². The molecule has 1 heterocycles. The number of hydrogen-bond donors (Lipinski definition) is 6. The van der Waals surface area contributed by atoms with Gasteiger partial charge in [0.2, 0.25) is 22.3 Å². The molecule has 0 saturated heterocycles. The maximum absolute atomic E-state index is 11.9. The van der Waals surface area contributed by atoms with Gasteiger partial charge in [-0.15, -0.1) is 0 Å². The first kappa shape index (κ1) is 91.4. The zero-order chi connectivity index (χ0) is 81.6. The number of carbonyl (C=O) groups is 7. The van der Waals surface area contributed by atoms with E-state index in [0.29, 0.717) is 29.0 Å². The fourth-order valence-corrected chi connectivity index (χ4v) is 8.88. The van der Waals surface area contributed by atoms with Crippen molar-refractivity contribution in [3.8, 4) is 0 Å². The second-order valence-electron chi connectivity index (χ2n) is 21.2. The molecule has 0 saturated carbocycles. The van der Waals surface area contributed by atoms with Crippen LogP contribution in [0.15, 0.2) is 128 Å². The van der Waals surface area contributed by atoms with E-state index in [2.05, 4.69) is 9.72 Å². The molecule has 41 nitrogen and oxygen atoms in total. The third kappa shape index (κ3) is 25.7. The van der Waals surface area contributed by atoms with Gasteiger partial charge in [-0.25, -0.2) is 33.6 Å². The molecule has 0 spiro atoms. The fourth-order valence-electron chi connectivity index (χ4n) is 8.88. The SMILES string of the molecule is CCOC(=O)c1c(N)ccc2cc[nH]c12.CCOC(=O)c1c([N+](=O)[O-])ccc(/C=C/N(C)C)c1[N+](=O)[O-].CCOC(=O)c1c([N+](=O)[O-])ccc(C)c1[N+](=O)[O-].Cc1ccc([N+](=O)[O-])c(C(=O)O)c1[N+](=O)[O-].Cc1ccc([N+](=O)[O-])c(C(=O)O)c1[N+](=O)[O-].Cc1cccc(C(=O)O)c1.Cc1cccc(C(=O)O)c1.[Ni]. The van der Waals surface area contributed by atoms with Crippen LogP contribution < -0.4 is 5.73 Å². The Morgan fingerprint density at radius 2 is 0.750 bits per heavy atom. The van der Waals surface area contributed by atoms with Crippen molar-refractivity contribution in [1.29, 1.82) is 0 Å². The van der Waals surface area contributed by atoms with E-state index in [1.165, 1.54) is 59.0 Å². The first-order chi connectivity index (χ1) is 50.0. The number of carboxylic acid groups (broad SMARTS) is 4. The second-order valence-corrected chi connectivity index (χ2v) is 21.2. The maximum Gasteiger partial charge on any atom is 0.352 e. The number of aromatic carboxylic acids is 4. The number of nitrogens with two attached hydrogens (primary N) is 1. The molecule has 0 bridgehead atoms. The number of esters is 3. The average Bonchev–Trinajstić information content (AvgIpc) is 1.21. The predicted molar refractivity (Wildman–Crippen MR) is 377 cm³/mol. The molecular formula is C66H65N11NiO30. The molecule has 574 valence electrons. The van der Waals surface area contributed by atoms with Gasteiger partial charge in [-0.3, -0.25) is 80.9 Å². The molecule has 1 aromatic heterocycles. The van der Waals surface area contributed by atoms with Crippen LogP contribution in [0.3, 0.4) is 0 Å². The molecular weight excluding hydrogens is 1490 g/mol. The number of nitrogens with zero attached hydrogens (tertiary/aromatic N) is 9. The van der Waals surface area contributed by atoms with Gasteiger partial charge in [0.1, 0.15) is 5.56 Å². The Morgan fingerprint density at radius 1 is 0.426 bits per heavy atom. The molecule has 108 heavy (non-hydrogen) atoms. The standard InChI is InChI=1S/C13H15N3O6.C11H12N2O2.C10H10N2O6.2C8H6N2O6.2C8H8O2.Ni/c1-4-22-13(17)11-10(15(18)19)6-5-9(7-8-14(2)3)12(11)16(20)21;1-2-15-11(14)9-8(12)4-3-7-5-6-13-10(7)9;1-3-18-10(13)8-7(11(14)15)5-4-6(2)9(8)12(16)17;2*1-4-2-3-5(9(13)14)6(8(11)12)7(4)10(15)16;2*1-6-3-2-4-7(5-6)8(9)10;/h5-8H,4H2,1-3H3;3-6,13H,2,12H2,1H3;4-5H,3H2,1-2H3;2*2-3H,1H3,(H,11,12);2*2-5H,1H3,(H,9,10);/b8-7+;;;;;;;. The summed E-state index contributed by atoms with van der Waals surface area (Å²) in [6.07, 6.45) is 4.69. The summed E-state index contributed by atoms with van der Waals surface area (Å²) in [5, 5.41) is 122. The van der Waals surface area contributed by atoms with Crippen molar-refractivity contribution in [2.75, 3.05) is 39.6 Å². The fraction of sp³-hybridized carbons (Fsp3) is 0.197. The number of H-pyrrole nitrogens is 1. The van der Waals surface area contributed by atoms with Crippen molar-refractivity contribution in [3.63, 3.8) is 0 Å². The van der Waals surface area contributed by atoms with Crippen molar-refractivity contribution in [1.82, 2.24) is 9.88 Å². The van der Waals surface area contributed by atoms with Crippen molar-refractivity contribution in [2.45, 2.75) is 55.4 Å². The van der Waals surface area contributed by atoms with Crippen molar-refractivity contribution in [3.05, 3.63) is 281 Å². The summed E-state index contributed by atoms with van der Waals surface area (Å²) in [6, 6.07) is 27.8. The van der Waals surface area contributed by atoms with Gasteiger partial charge in [-0.2, -0.15) is 0 Å². The number of nitrogens with one attached hydrogen (secondary N) is 1.